The van der Waals surface area contributed by atoms with Crippen molar-refractivity contribution in [1.29, 1.82) is 0 Å². The second-order valence-corrected chi connectivity index (χ2v) is 6.37. The largest absolute Gasteiger partial charge is 0.391 e. The van der Waals surface area contributed by atoms with Gasteiger partial charge in [0.25, 0.3) is 5.91 Å². The third-order valence-electron chi connectivity index (χ3n) is 4.24. The van der Waals surface area contributed by atoms with Gasteiger partial charge in [0, 0.05) is 31.7 Å². The lowest BCUT2D eigenvalue weighted by atomic mass is 10.1. The van der Waals surface area contributed by atoms with E-state index in [0.29, 0.717) is 18.7 Å². The molecule has 0 bridgehead atoms. The van der Waals surface area contributed by atoms with Gasteiger partial charge in [-0.15, -0.1) is 0 Å². The Labute approximate surface area is 150 Å². The Hall–Kier alpha value is -2.08. The number of nitrogens with one attached hydrogen (secondary N) is 2. The highest BCUT2D eigenvalue weighted by Crippen LogP contribution is 2.10. The first-order chi connectivity index (χ1) is 12.1. The van der Waals surface area contributed by atoms with Gasteiger partial charge in [0.2, 0.25) is 0 Å². The summed E-state index contributed by atoms with van der Waals surface area (Å²) in [5, 5.41) is 15.9. The summed E-state index contributed by atoms with van der Waals surface area (Å²) < 4.78 is 0. The fraction of sp³-hybridized carbons (Fsp3) is 0.579. The second-order valence-electron chi connectivity index (χ2n) is 6.37. The number of β-amino-alcohol motifs (C(OH)–C–C–N with tert-alkyl or cyclic N) is 1. The smallest absolute Gasteiger partial charge is 0.251 e. The number of aliphatic hydroxyl groups excluding tert-OH is 1. The Morgan fingerprint density at radius 1 is 1.28 bits per heavy atom. The van der Waals surface area contributed by atoms with Gasteiger partial charge >= 0.3 is 0 Å². The number of aliphatic imine (C=N–C) groups is 1. The molecule has 6 nitrogen and oxygen atoms in total. The molecule has 1 saturated heterocycles. The summed E-state index contributed by atoms with van der Waals surface area (Å²) in [4.78, 5) is 18.7. The van der Waals surface area contributed by atoms with Gasteiger partial charge in [0.1, 0.15) is 0 Å². The van der Waals surface area contributed by atoms with Crippen LogP contribution >= 0.6 is 0 Å². The Bertz CT molecular complexity index is 571. The number of hydrogen-bond acceptors (Lipinski definition) is 3. The Morgan fingerprint density at radius 2 is 2.04 bits per heavy atom. The van der Waals surface area contributed by atoms with E-state index >= 15 is 0 Å². The summed E-state index contributed by atoms with van der Waals surface area (Å²) in [7, 11) is 0. The van der Waals surface area contributed by atoms with Crippen molar-refractivity contribution in [3.8, 4) is 0 Å². The van der Waals surface area contributed by atoms with Crippen LogP contribution in [-0.4, -0.2) is 54.2 Å². The number of nitrogens with zero attached hydrogens (tertiary/aromatic N) is 2. The van der Waals surface area contributed by atoms with Gasteiger partial charge in [-0.1, -0.05) is 25.5 Å². The lowest BCUT2D eigenvalue weighted by Crippen LogP contribution is -2.40. The van der Waals surface area contributed by atoms with Crippen LogP contribution in [0, 0.1) is 0 Å². The van der Waals surface area contributed by atoms with E-state index in [0.717, 1.165) is 50.4 Å². The SMILES string of the molecule is CCCCNC(=O)c1ccc(CN=C(NCC)N2CC[C@@H](O)C2)cc1. The molecule has 1 aromatic rings. The first kappa shape index (κ1) is 19.2. The van der Waals surface area contributed by atoms with Crippen molar-refractivity contribution in [2.24, 2.45) is 4.99 Å². The summed E-state index contributed by atoms with van der Waals surface area (Å²) in [5.41, 5.74) is 1.73. The lowest BCUT2D eigenvalue weighted by Gasteiger charge is -2.20. The molecule has 0 aromatic heterocycles. The predicted molar refractivity (Wildman–Crippen MR) is 101 cm³/mol. The van der Waals surface area contributed by atoms with Crippen LogP contribution in [0.2, 0.25) is 0 Å². The molecule has 0 unspecified atom stereocenters. The number of likely N-dealkylation sites (tertiary alicyclic amines) is 1. The molecule has 2 rings (SSSR count). The maximum absolute atomic E-state index is 12.0. The zero-order valence-electron chi connectivity index (χ0n) is 15.3. The molecular weight excluding hydrogens is 316 g/mol. The number of unbranched alkanes of at least 4 members (excludes halogenated alkanes) is 1. The minimum Gasteiger partial charge on any atom is -0.391 e. The highest BCUT2D eigenvalue weighted by Gasteiger charge is 2.22. The third-order valence-corrected chi connectivity index (χ3v) is 4.24. The predicted octanol–water partition coefficient (Wildman–Crippen LogP) is 1.75. The molecule has 1 heterocycles. The van der Waals surface area contributed by atoms with E-state index in [9.17, 15) is 9.90 Å². The Kier molecular flexibility index (Phi) is 7.73. The van der Waals surface area contributed by atoms with E-state index in [-0.39, 0.29) is 12.0 Å². The van der Waals surface area contributed by atoms with Crippen LogP contribution in [0.1, 0.15) is 49.0 Å². The summed E-state index contributed by atoms with van der Waals surface area (Å²) in [6.07, 6.45) is 2.58. The molecule has 1 atom stereocenters. The number of carbonyl (C=O) groups excluding carboxylic acids is 1. The van der Waals surface area contributed by atoms with E-state index < -0.39 is 0 Å². The number of carbonyl (C=O) groups is 1. The van der Waals surface area contributed by atoms with Crippen molar-refractivity contribution in [2.45, 2.75) is 45.8 Å². The van der Waals surface area contributed by atoms with Crippen LogP contribution in [0.15, 0.2) is 29.3 Å². The number of amides is 1. The molecule has 0 aliphatic carbocycles. The Morgan fingerprint density at radius 3 is 2.64 bits per heavy atom. The van der Waals surface area contributed by atoms with Crippen LogP contribution < -0.4 is 10.6 Å². The number of guanidine groups is 1. The lowest BCUT2D eigenvalue weighted by molar-refractivity contribution is 0.0953. The van der Waals surface area contributed by atoms with Crippen molar-refractivity contribution in [1.82, 2.24) is 15.5 Å². The van der Waals surface area contributed by atoms with Crippen LogP contribution in [-0.2, 0) is 6.54 Å². The molecule has 0 spiro atoms. The molecular formula is C19H30N4O2. The molecule has 0 saturated carbocycles. The minimum atomic E-state index is -0.269. The van der Waals surface area contributed by atoms with Crippen LogP contribution in [0.25, 0.3) is 0 Å². The highest BCUT2D eigenvalue weighted by atomic mass is 16.3. The molecule has 0 radical (unpaired) electrons. The average molecular weight is 346 g/mol. The molecule has 1 fully saturated rings. The zero-order valence-corrected chi connectivity index (χ0v) is 15.3. The van der Waals surface area contributed by atoms with E-state index in [1.54, 1.807) is 0 Å². The van der Waals surface area contributed by atoms with Crippen LogP contribution in [0.4, 0.5) is 0 Å². The van der Waals surface area contributed by atoms with E-state index in [4.69, 9.17) is 0 Å². The van der Waals surface area contributed by atoms with Crippen molar-refractivity contribution < 1.29 is 9.90 Å². The average Bonchev–Trinajstić information content (AvgIpc) is 3.05. The van der Waals surface area contributed by atoms with E-state index in [1.165, 1.54) is 0 Å². The summed E-state index contributed by atoms with van der Waals surface area (Å²) in [6, 6.07) is 7.58. The number of benzene rings is 1. The van der Waals surface area contributed by atoms with Gasteiger partial charge in [-0.25, -0.2) is 4.99 Å². The first-order valence-electron chi connectivity index (χ1n) is 9.22. The number of hydrogen-bond donors (Lipinski definition) is 3. The molecule has 1 amide bonds. The van der Waals surface area contributed by atoms with Crippen molar-refractivity contribution in [3.63, 3.8) is 0 Å². The fourth-order valence-corrected chi connectivity index (χ4v) is 2.77. The van der Waals surface area contributed by atoms with E-state index in [2.05, 4.69) is 27.4 Å². The molecule has 6 heteroatoms. The van der Waals surface area contributed by atoms with Gasteiger partial charge in [0.05, 0.1) is 12.6 Å². The zero-order chi connectivity index (χ0) is 18.1. The van der Waals surface area contributed by atoms with Gasteiger partial charge in [-0.2, -0.15) is 0 Å². The van der Waals surface area contributed by atoms with Crippen molar-refractivity contribution in [3.05, 3.63) is 35.4 Å². The fourth-order valence-electron chi connectivity index (χ4n) is 2.77. The molecule has 138 valence electrons. The van der Waals surface area contributed by atoms with Gasteiger partial charge in [0.15, 0.2) is 5.96 Å². The van der Waals surface area contributed by atoms with Crippen molar-refractivity contribution >= 4 is 11.9 Å². The van der Waals surface area contributed by atoms with Gasteiger partial charge < -0.3 is 20.6 Å². The molecule has 1 aliphatic heterocycles. The minimum absolute atomic E-state index is 0.0251. The maximum Gasteiger partial charge on any atom is 0.251 e. The molecule has 1 aromatic carbocycles. The van der Waals surface area contributed by atoms with Crippen LogP contribution in [0.5, 0.6) is 0 Å². The highest BCUT2D eigenvalue weighted by molar-refractivity contribution is 5.94. The monoisotopic (exact) mass is 346 g/mol. The van der Waals surface area contributed by atoms with Gasteiger partial charge in [-0.05, 0) is 37.5 Å². The quantitative estimate of drug-likeness (QED) is 0.399. The van der Waals surface area contributed by atoms with E-state index in [1.807, 2.05) is 31.2 Å². The standard InChI is InChI=1S/C19H30N4O2/c1-3-5-11-21-18(25)16-8-6-15(7-9-16)13-22-19(20-4-2)23-12-10-17(24)14-23/h6-9,17,24H,3-5,10-14H2,1-2H3,(H,20,22)(H,21,25)/t17-/m1/s1. The topological polar surface area (TPSA) is 77.0 Å². The van der Waals surface area contributed by atoms with Gasteiger partial charge in [-0.3, -0.25) is 4.79 Å². The Balaban J connectivity index is 1.93. The second kappa shape index (κ2) is 10.0. The normalized spacial score (nSPS) is 17.6. The van der Waals surface area contributed by atoms with Crippen LogP contribution in [0.3, 0.4) is 0 Å². The third kappa shape index (κ3) is 6.05. The molecule has 1 aliphatic rings. The number of aliphatic hydroxyl groups is 1. The van der Waals surface area contributed by atoms with Crippen molar-refractivity contribution in [2.75, 3.05) is 26.2 Å². The number of rotatable bonds is 7. The summed E-state index contributed by atoms with van der Waals surface area (Å²) >= 11 is 0. The molecule has 3 N–H and O–H groups in total. The first-order valence-corrected chi connectivity index (χ1v) is 9.22. The summed E-state index contributed by atoms with van der Waals surface area (Å²) in [6.45, 7) is 7.65. The molecule has 25 heavy (non-hydrogen) atoms. The maximum atomic E-state index is 12.0. The summed E-state index contributed by atoms with van der Waals surface area (Å²) in [5.74, 6) is 0.809.